The molecule has 0 bridgehead atoms. The topological polar surface area (TPSA) is 84.0 Å². The van der Waals surface area contributed by atoms with Gasteiger partial charge in [-0.3, -0.25) is 9.59 Å². The highest BCUT2D eigenvalue weighted by molar-refractivity contribution is 6.07. The van der Waals surface area contributed by atoms with E-state index in [1.807, 2.05) is 35.2 Å². The molecule has 4 heterocycles. The highest BCUT2D eigenvalue weighted by Crippen LogP contribution is 2.35. The summed E-state index contributed by atoms with van der Waals surface area (Å²) in [7, 11) is 3.26. The maximum atomic E-state index is 13.6. The van der Waals surface area contributed by atoms with Crippen LogP contribution in [-0.4, -0.2) is 50.7 Å². The zero-order chi connectivity index (χ0) is 28.5. The van der Waals surface area contributed by atoms with E-state index < -0.39 is 0 Å². The monoisotopic (exact) mass is 554 g/mol. The number of nitrogens with one attached hydrogen (secondary N) is 1. The number of nitrogens with zero attached hydrogens (tertiary/aromatic N) is 3. The fourth-order valence-corrected chi connectivity index (χ4v) is 6.53. The Kier molecular flexibility index (Phi) is 7.56. The van der Waals surface area contributed by atoms with Crippen LogP contribution >= 0.6 is 0 Å². The number of carbonyl (C=O) groups excluding carboxylic acids is 2. The van der Waals surface area contributed by atoms with Gasteiger partial charge in [0.2, 0.25) is 11.8 Å². The molecular weight excluding hydrogens is 516 g/mol. The first-order valence-corrected chi connectivity index (χ1v) is 14.6. The van der Waals surface area contributed by atoms with Gasteiger partial charge in [0.1, 0.15) is 11.6 Å². The molecule has 0 spiro atoms. The first kappa shape index (κ1) is 27.1. The lowest BCUT2D eigenvalue weighted by Crippen LogP contribution is -2.36. The molecule has 3 aromatic rings. The van der Waals surface area contributed by atoms with Crippen molar-refractivity contribution >= 4 is 29.0 Å². The molecule has 3 aliphatic heterocycles. The summed E-state index contributed by atoms with van der Waals surface area (Å²) < 4.78 is 10.9. The van der Waals surface area contributed by atoms with Crippen LogP contribution in [0.4, 0.5) is 17.2 Å². The summed E-state index contributed by atoms with van der Waals surface area (Å²) in [6.07, 6.45) is 5.41. The van der Waals surface area contributed by atoms with Gasteiger partial charge in [-0.2, -0.15) is 4.98 Å². The molecule has 1 atom stereocenters. The molecule has 1 N–H and O–H groups in total. The van der Waals surface area contributed by atoms with E-state index in [2.05, 4.69) is 29.3 Å². The molecule has 8 heteroatoms. The number of rotatable bonds is 6. The normalized spacial score (nSPS) is 18.8. The average Bonchev–Trinajstić information content (AvgIpc) is 3.35. The predicted molar refractivity (Wildman–Crippen MR) is 160 cm³/mol. The van der Waals surface area contributed by atoms with Crippen molar-refractivity contribution in [1.82, 2.24) is 4.98 Å². The zero-order valence-electron chi connectivity index (χ0n) is 24.1. The summed E-state index contributed by atoms with van der Waals surface area (Å²) in [6.45, 7) is 4.42. The van der Waals surface area contributed by atoms with Crippen molar-refractivity contribution in [2.45, 2.75) is 45.4 Å². The lowest BCUT2D eigenvalue weighted by Gasteiger charge is -2.34. The second-order valence-electron chi connectivity index (χ2n) is 11.5. The molecule has 0 saturated carbocycles. The Morgan fingerprint density at radius 3 is 2.56 bits per heavy atom. The summed E-state index contributed by atoms with van der Waals surface area (Å²) in [4.78, 5) is 35.5. The minimum Gasteiger partial charge on any atom is -0.497 e. The Labute approximate surface area is 241 Å². The lowest BCUT2D eigenvalue weighted by molar-refractivity contribution is -0.120. The van der Waals surface area contributed by atoms with Gasteiger partial charge in [0.15, 0.2) is 0 Å². The highest BCUT2D eigenvalue weighted by Gasteiger charge is 2.30. The van der Waals surface area contributed by atoms with Crippen LogP contribution in [0.3, 0.4) is 0 Å². The highest BCUT2D eigenvalue weighted by atomic mass is 16.5. The fourth-order valence-electron chi connectivity index (χ4n) is 6.53. The molecular formula is C33H38N4O4. The summed E-state index contributed by atoms with van der Waals surface area (Å²) >= 11 is 0. The van der Waals surface area contributed by atoms with Crippen LogP contribution in [0.2, 0.25) is 0 Å². The summed E-state index contributed by atoms with van der Waals surface area (Å²) in [5.74, 6) is 2.59. The third-order valence-electron chi connectivity index (χ3n) is 8.88. The molecule has 1 aromatic heterocycles. The van der Waals surface area contributed by atoms with Crippen molar-refractivity contribution < 1.29 is 19.1 Å². The fraction of sp³-hybridized carbons (Fsp3) is 0.424. The molecule has 6 rings (SSSR count). The molecule has 1 fully saturated rings. The number of amides is 2. The van der Waals surface area contributed by atoms with Crippen LogP contribution < -0.4 is 24.6 Å². The Bertz CT molecular complexity index is 1460. The van der Waals surface area contributed by atoms with Crippen LogP contribution in [0.1, 0.15) is 52.7 Å². The van der Waals surface area contributed by atoms with Crippen LogP contribution in [-0.2, 0) is 17.6 Å². The van der Waals surface area contributed by atoms with Crippen LogP contribution in [0.5, 0.6) is 11.6 Å². The number of anilines is 3. The van der Waals surface area contributed by atoms with Gasteiger partial charge >= 0.3 is 0 Å². The molecule has 0 radical (unpaired) electrons. The number of benzene rings is 2. The number of pyridine rings is 1. The van der Waals surface area contributed by atoms with Crippen LogP contribution in [0.25, 0.3) is 0 Å². The SMILES string of the molecule is COc1ccc2c(c1)CCC(CC1CCN(c3cc(C(=O)N4CCc5cc(C)ccc54)cc(OC)n3)CC1)C(=O)N2. The van der Waals surface area contributed by atoms with Crippen LogP contribution in [0, 0.1) is 18.8 Å². The zero-order valence-corrected chi connectivity index (χ0v) is 24.1. The van der Waals surface area contributed by atoms with Gasteiger partial charge < -0.3 is 24.6 Å². The van der Waals surface area contributed by atoms with Gasteiger partial charge in [-0.25, -0.2) is 0 Å². The first-order chi connectivity index (χ1) is 19.9. The number of methoxy groups -OCH3 is 2. The number of ether oxygens (including phenoxy) is 2. The van der Waals surface area contributed by atoms with Gasteiger partial charge in [0.25, 0.3) is 5.91 Å². The third-order valence-corrected chi connectivity index (χ3v) is 8.88. The van der Waals surface area contributed by atoms with Gasteiger partial charge in [-0.1, -0.05) is 17.7 Å². The quantitative estimate of drug-likeness (QED) is 0.438. The smallest absolute Gasteiger partial charge is 0.258 e. The lowest BCUT2D eigenvalue weighted by atomic mass is 9.84. The number of hydrogen-bond acceptors (Lipinski definition) is 6. The Morgan fingerprint density at radius 2 is 1.78 bits per heavy atom. The number of aromatic nitrogens is 1. The van der Waals surface area contributed by atoms with E-state index in [0.29, 0.717) is 23.9 Å². The molecule has 0 aliphatic carbocycles. The van der Waals surface area contributed by atoms with E-state index in [1.54, 1.807) is 20.3 Å². The number of hydrogen-bond donors (Lipinski definition) is 1. The van der Waals surface area contributed by atoms with Gasteiger partial charge in [0, 0.05) is 48.6 Å². The third kappa shape index (κ3) is 5.60. The number of fused-ring (bicyclic) bond motifs is 2. The average molecular weight is 555 g/mol. The van der Waals surface area contributed by atoms with E-state index in [0.717, 1.165) is 80.1 Å². The summed E-state index contributed by atoms with van der Waals surface area (Å²) in [5.41, 5.74) is 6.04. The van der Waals surface area contributed by atoms with Gasteiger partial charge in [0.05, 0.1) is 14.2 Å². The molecule has 214 valence electrons. The summed E-state index contributed by atoms with van der Waals surface area (Å²) in [6, 6.07) is 15.8. The minimum atomic E-state index is -0.0255. The number of aryl methyl sites for hydroxylation is 2. The van der Waals surface area contributed by atoms with E-state index in [9.17, 15) is 9.59 Å². The maximum absolute atomic E-state index is 13.6. The van der Waals surface area contributed by atoms with Crippen molar-refractivity contribution in [2.75, 3.05) is 49.0 Å². The van der Waals surface area contributed by atoms with Crippen molar-refractivity contribution in [1.29, 1.82) is 0 Å². The maximum Gasteiger partial charge on any atom is 0.258 e. The minimum absolute atomic E-state index is 0.00348. The second kappa shape index (κ2) is 11.4. The van der Waals surface area contributed by atoms with E-state index in [-0.39, 0.29) is 17.7 Å². The van der Waals surface area contributed by atoms with Crippen molar-refractivity contribution in [3.63, 3.8) is 0 Å². The number of carbonyl (C=O) groups is 2. The van der Waals surface area contributed by atoms with Crippen molar-refractivity contribution in [3.8, 4) is 11.6 Å². The van der Waals surface area contributed by atoms with Crippen molar-refractivity contribution in [2.24, 2.45) is 11.8 Å². The van der Waals surface area contributed by atoms with E-state index >= 15 is 0 Å². The molecule has 3 aliphatic rings. The second-order valence-corrected chi connectivity index (χ2v) is 11.5. The van der Waals surface area contributed by atoms with Gasteiger partial charge in [-0.05, 0) is 92.8 Å². The molecule has 1 unspecified atom stereocenters. The van der Waals surface area contributed by atoms with Gasteiger partial charge in [-0.15, -0.1) is 0 Å². The van der Waals surface area contributed by atoms with Crippen LogP contribution in [0.15, 0.2) is 48.5 Å². The molecule has 8 nitrogen and oxygen atoms in total. The number of piperidine rings is 1. The standard InChI is InChI=1S/C33H38N4O4/c1-21-4-9-29-24(16-21)12-15-37(29)33(39)26-19-30(35-31(20-26)41-3)36-13-10-22(11-14-36)17-25-6-5-23-18-27(40-2)7-8-28(23)34-32(25)38/h4,7-9,16,18-20,22,25H,5-6,10-15,17H2,1-3H3,(H,34,38). The van der Waals surface area contributed by atoms with E-state index in [4.69, 9.17) is 14.5 Å². The molecule has 1 saturated heterocycles. The summed E-state index contributed by atoms with van der Waals surface area (Å²) in [5, 5.41) is 3.14. The predicted octanol–water partition coefficient (Wildman–Crippen LogP) is 5.42. The Morgan fingerprint density at radius 1 is 0.951 bits per heavy atom. The molecule has 2 amide bonds. The Hall–Kier alpha value is -4.07. The Balaban J connectivity index is 1.10. The molecule has 41 heavy (non-hydrogen) atoms. The largest absolute Gasteiger partial charge is 0.497 e. The van der Waals surface area contributed by atoms with Crippen molar-refractivity contribution in [3.05, 3.63) is 70.8 Å². The van der Waals surface area contributed by atoms with E-state index in [1.165, 1.54) is 11.1 Å². The first-order valence-electron chi connectivity index (χ1n) is 14.6. The molecule has 2 aromatic carbocycles.